The Morgan fingerprint density at radius 1 is 1.28 bits per heavy atom. The summed E-state index contributed by atoms with van der Waals surface area (Å²) in [6.07, 6.45) is 2.66. The van der Waals surface area contributed by atoms with Gasteiger partial charge in [-0.05, 0) is 61.0 Å². The Morgan fingerprint density at radius 2 is 2.00 bits per heavy atom. The second kappa shape index (κ2) is 9.37. The molecular formula is C22H23ClN2O3S. The van der Waals surface area contributed by atoms with Gasteiger partial charge < -0.3 is 9.47 Å². The Kier molecular flexibility index (Phi) is 6.87. The van der Waals surface area contributed by atoms with Crippen LogP contribution in [0.5, 0.6) is 11.5 Å². The molecule has 0 saturated carbocycles. The molecule has 3 rings (SSSR count). The summed E-state index contributed by atoms with van der Waals surface area (Å²) in [5.41, 5.74) is 1.56. The summed E-state index contributed by atoms with van der Waals surface area (Å²) in [7, 11) is 3.29. The maximum atomic E-state index is 12.7. The molecule has 0 aliphatic carbocycles. The van der Waals surface area contributed by atoms with E-state index >= 15 is 0 Å². The zero-order chi connectivity index (χ0) is 21.0. The van der Waals surface area contributed by atoms with Gasteiger partial charge in [0.15, 0.2) is 16.7 Å². The van der Waals surface area contributed by atoms with Gasteiger partial charge in [-0.15, -0.1) is 0 Å². The SMILES string of the molecule is CCC(C)Oc1c(Cl)cc(/C=C2\SC(=Nc3ccccc3)N(C)C2=O)cc1OC. The molecule has 2 aromatic carbocycles. The van der Waals surface area contributed by atoms with Crippen molar-refractivity contribution in [1.29, 1.82) is 0 Å². The predicted molar refractivity (Wildman–Crippen MR) is 120 cm³/mol. The average Bonchev–Trinajstić information content (AvgIpc) is 2.98. The molecule has 7 heteroatoms. The Labute approximate surface area is 180 Å². The van der Waals surface area contributed by atoms with Gasteiger partial charge in [0.2, 0.25) is 0 Å². The molecule has 152 valence electrons. The lowest BCUT2D eigenvalue weighted by molar-refractivity contribution is -0.121. The fourth-order valence-electron chi connectivity index (χ4n) is 2.64. The van der Waals surface area contributed by atoms with Crippen molar-refractivity contribution in [2.45, 2.75) is 26.4 Å². The number of thioether (sulfide) groups is 1. The van der Waals surface area contributed by atoms with E-state index in [-0.39, 0.29) is 12.0 Å². The van der Waals surface area contributed by atoms with Crippen LogP contribution in [0, 0.1) is 0 Å². The number of para-hydroxylation sites is 1. The van der Waals surface area contributed by atoms with Crippen molar-refractivity contribution in [2.75, 3.05) is 14.2 Å². The van der Waals surface area contributed by atoms with Crippen LogP contribution in [-0.2, 0) is 4.79 Å². The zero-order valence-corrected chi connectivity index (χ0v) is 18.4. The van der Waals surface area contributed by atoms with Crippen LogP contribution in [0.2, 0.25) is 5.02 Å². The number of benzene rings is 2. The molecule has 1 fully saturated rings. The molecular weight excluding hydrogens is 408 g/mol. The molecule has 0 radical (unpaired) electrons. The van der Waals surface area contributed by atoms with Gasteiger partial charge in [0.25, 0.3) is 5.91 Å². The van der Waals surface area contributed by atoms with E-state index in [4.69, 9.17) is 21.1 Å². The number of likely N-dealkylation sites (N-methyl/N-ethyl adjacent to an activating group) is 1. The fraction of sp³-hybridized carbons (Fsp3) is 0.273. The first-order chi connectivity index (χ1) is 13.9. The number of carbonyl (C=O) groups is 1. The third-order valence-corrected chi connectivity index (χ3v) is 5.77. The average molecular weight is 431 g/mol. The third kappa shape index (κ3) is 4.95. The van der Waals surface area contributed by atoms with Crippen molar-refractivity contribution in [3.63, 3.8) is 0 Å². The summed E-state index contributed by atoms with van der Waals surface area (Å²) in [6, 6.07) is 13.1. The van der Waals surface area contributed by atoms with Crippen LogP contribution in [0.25, 0.3) is 6.08 Å². The molecule has 1 aliphatic rings. The highest BCUT2D eigenvalue weighted by Gasteiger charge is 2.30. The monoisotopic (exact) mass is 430 g/mol. The number of rotatable bonds is 6. The maximum absolute atomic E-state index is 12.7. The molecule has 1 amide bonds. The van der Waals surface area contributed by atoms with Crippen molar-refractivity contribution in [3.05, 3.63) is 58.0 Å². The number of methoxy groups -OCH3 is 1. The van der Waals surface area contributed by atoms with Gasteiger partial charge in [0, 0.05) is 7.05 Å². The van der Waals surface area contributed by atoms with E-state index in [1.54, 1.807) is 31.2 Å². The first-order valence-electron chi connectivity index (χ1n) is 9.28. The number of nitrogens with zero attached hydrogens (tertiary/aromatic N) is 2. The van der Waals surface area contributed by atoms with E-state index < -0.39 is 0 Å². The number of ether oxygens (including phenoxy) is 2. The molecule has 1 atom stereocenters. The van der Waals surface area contributed by atoms with E-state index in [0.29, 0.717) is 26.6 Å². The van der Waals surface area contributed by atoms with Crippen molar-refractivity contribution in [2.24, 2.45) is 4.99 Å². The van der Waals surface area contributed by atoms with E-state index in [1.165, 1.54) is 11.8 Å². The molecule has 0 bridgehead atoms. The minimum absolute atomic E-state index is 0.0166. The standard InChI is InChI=1S/C22H23ClN2O3S/c1-5-14(2)28-20-17(23)11-15(12-18(20)27-4)13-19-21(26)25(3)22(29-19)24-16-9-7-6-8-10-16/h6-14H,5H2,1-4H3/b19-13-,24-22?. The maximum Gasteiger partial charge on any atom is 0.266 e. The third-order valence-electron chi connectivity index (χ3n) is 4.43. The minimum Gasteiger partial charge on any atom is -0.493 e. The summed E-state index contributed by atoms with van der Waals surface area (Å²) < 4.78 is 11.3. The van der Waals surface area contributed by atoms with Gasteiger partial charge in [-0.2, -0.15) is 0 Å². The quantitative estimate of drug-likeness (QED) is 0.546. The summed E-state index contributed by atoms with van der Waals surface area (Å²) in [6.45, 7) is 4.01. The van der Waals surface area contributed by atoms with Crippen LogP contribution in [0.4, 0.5) is 5.69 Å². The lowest BCUT2D eigenvalue weighted by atomic mass is 10.1. The lowest BCUT2D eigenvalue weighted by Gasteiger charge is -2.17. The van der Waals surface area contributed by atoms with E-state index in [2.05, 4.69) is 4.99 Å². The van der Waals surface area contributed by atoms with Crippen LogP contribution in [-0.4, -0.2) is 36.2 Å². The molecule has 0 spiro atoms. The molecule has 0 aromatic heterocycles. The molecule has 1 aliphatic heterocycles. The number of hydrogen-bond donors (Lipinski definition) is 0. The summed E-state index contributed by atoms with van der Waals surface area (Å²) in [5, 5.41) is 1.07. The molecule has 2 aromatic rings. The van der Waals surface area contributed by atoms with Gasteiger partial charge in [0.1, 0.15) is 0 Å². The Morgan fingerprint density at radius 3 is 2.66 bits per heavy atom. The van der Waals surface area contributed by atoms with E-state index in [1.807, 2.05) is 50.2 Å². The lowest BCUT2D eigenvalue weighted by Crippen LogP contribution is -2.23. The number of amides is 1. The smallest absolute Gasteiger partial charge is 0.266 e. The van der Waals surface area contributed by atoms with Crippen LogP contribution < -0.4 is 9.47 Å². The highest BCUT2D eigenvalue weighted by Crippen LogP contribution is 2.39. The second-order valence-corrected chi connectivity index (χ2v) is 7.99. The first kappa shape index (κ1) is 21.3. The number of carbonyl (C=O) groups excluding carboxylic acids is 1. The largest absolute Gasteiger partial charge is 0.493 e. The highest BCUT2D eigenvalue weighted by atomic mass is 35.5. The van der Waals surface area contributed by atoms with Crippen molar-refractivity contribution >= 4 is 46.2 Å². The van der Waals surface area contributed by atoms with Crippen molar-refractivity contribution in [3.8, 4) is 11.5 Å². The Balaban J connectivity index is 1.90. The van der Waals surface area contributed by atoms with Crippen molar-refractivity contribution in [1.82, 2.24) is 4.90 Å². The van der Waals surface area contributed by atoms with Crippen LogP contribution >= 0.6 is 23.4 Å². The predicted octanol–water partition coefficient (Wildman–Crippen LogP) is 5.76. The normalized spacial score (nSPS) is 17.8. The zero-order valence-electron chi connectivity index (χ0n) is 16.8. The molecule has 5 nitrogen and oxygen atoms in total. The van der Waals surface area contributed by atoms with E-state index in [9.17, 15) is 4.79 Å². The number of hydrogen-bond acceptors (Lipinski definition) is 5. The first-order valence-corrected chi connectivity index (χ1v) is 10.5. The summed E-state index contributed by atoms with van der Waals surface area (Å²) in [5.74, 6) is 0.936. The topological polar surface area (TPSA) is 51.1 Å². The Hall–Kier alpha value is -2.44. The number of amidine groups is 1. The fourth-order valence-corrected chi connectivity index (χ4v) is 3.89. The Bertz CT molecular complexity index is 960. The number of halogens is 1. The summed E-state index contributed by atoms with van der Waals surface area (Å²) in [4.78, 5) is 19.3. The van der Waals surface area contributed by atoms with Crippen LogP contribution in [0.15, 0.2) is 52.4 Å². The van der Waals surface area contributed by atoms with Gasteiger partial charge in [-0.3, -0.25) is 9.69 Å². The molecule has 1 saturated heterocycles. The number of aliphatic imine (C=N–C) groups is 1. The van der Waals surface area contributed by atoms with Gasteiger partial charge >= 0.3 is 0 Å². The van der Waals surface area contributed by atoms with Crippen molar-refractivity contribution < 1.29 is 14.3 Å². The minimum atomic E-state index is -0.111. The van der Waals surface area contributed by atoms with Crippen LogP contribution in [0.3, 0.4) is 0 Å². The highest BCUT2D eigenvalue weighted by molar-refractivity contribution is 8.18. The molecule has 1 heterocycles. The van der Waals surface area contributed by atoms with Gasteiger partial charge in [0.05, 0.1) is 28.8 Å². The van der Waals surface area contributed by atoms with Crippen LogP contribution in [0.1, 0.15) is 25.8 Å². The molecule has 1 unspecified atom stereocenters. The van der Waals surface area contributed by atoms with Gasteiger partial charge in [-0.25, -0.2) is 4.99 Å². The van der Waals surface area contributed by atoms with E-state index in [0.717, 1.165) is 17.7 Å². The second-order valence-electron chi connectivity index (χ2n) is 6.58. The van der Waals surface area contributed by atoms with Gasteiger partial charge in [-0.1, -0.05) is 36.7 Å². The molecule has 0 N–H and O–H groups in total. The summed E-state index contributed by atoms with van der Waals surface area (Å²) >= 11 is 7.77. The molecule has 29 heavy (non-hydrogen) atoms.